The van der Waals surface area contributed by atoms with E-state index >= 15 is 0 Å². The molecule has 0 fully saturated rings. The summed E-state index contributed by atoms with van der Waals surface area (Å²) in [7, 11) is 0. The van der Waals surface area contributed by atoms with E-state index in [4.69, 9.17) is 5.26 Å². The van der Waals surface area contributed by atoms with Crippen molar-refractivity contribution < 1.29 is 13.2 Å². The van der Waals surface area contributed by atoms with Gasteiger partial charge in [0, 0.05) is 12.6 Å². The lowest BCUT2D eigenvalue weighted by atomic mass is 10.1. The van der Waals surface area contributed by atoms with E-state index in [9.17, 15) is 13.2 Å². The van der Waals surface area contributed by atoms with Crippen molar-refractivity contribution in [2.45, 2.75) is 52.3 Å². The van der Waals surface area contributed by atoms with Crippen molar-refractivity contribution in [2.75, 3.05) is 13.1 Å². The maximum atomic E-state index is 12.5. The van der Waals surface area contributed by atoms with Gasteiger partial charge in [-0.25, -0.2) is 0 Å². The van der Waals surface area contributed by atoms with Crippen LogP contribution in [-0.2, 0) is 0 Å². The van der Waals surface area contributed by atoms with Gasteiger partial charge in [-0.2, -0.15) is 18.4 Å². The number of hydrogen-bond acceptors (Lipinski definition) is 2. The standard InChI is InChI=1S/C12H21F3N2/c1-4-6-7-17(10(3)5-2)9-11(8-16)12(13,14)15/h10-11H,4-7,9H2,1-3H3. The fourth-order valence-corrected chi connectivity index (χ4v) is 1.56. The van der Waals surface area contributed by atoms with Crippen molar-refractivity contribution in [1.29, 1.82) is 5.26 Å². The van der Waals surface area contributed by atoms with Gasteiger partial charge in [-0.3, -0.25) is 4.90 Å². The molecule has 0 amide bonds. The highest BCUT2D eigenvalue weighted by atomic mass is 19.4. The molecule has 0 aliphatic rings. The molecule has 0 bridgehead atoms. The highest BCUT2D eigenvalue weighted by molar-refractivity contribution is 4.91. The summed E-state index contributed by atoms with van der Waals surface area (Å²) in [6.45, 7) is 6.26. The second kappa shape index (κ2) is 7.54. The molecule has 100 valence electrons. The predicted molar refractivity (Wildman–Crippen MR) is 61.4 cm³/mol. The summed E-state index contributed by atoms with van der Waals surface area (Å²) in [4.78, 5) is 1.77. The van der Waals surface area contributed by atoms with Gasteiger partial charge in [0.2, 0.25) is 0 Å². The summed E-state index contributed by atoms with van der Waals surface area (Å²) >= 11 is 0. The van der Waals surface area contributed by atoms with Gasteiger partial charge in [-0.1, -0.05) is 20.3 Å². The van der Waals surface area contributed by atoms with Gasteiger partial charge in [0.15, 0.2) is 5.92 Å². The van der Waals surface area contributed by atoms with Gasteiger partial charge < -0.3 is 0 Å². The minimum absolute atomic E-state index is 0.0831. The molecule has 0 saturated carbocycles. The van der Waals surface area contributed by atoms with Crippen LogP contribution < -0.4 is 0 Å². The number of unbranched alkanes of at least 4 members (excludes halogenated alkanes) is 1. The van der Waals surface area contributed by atoms with Crippen molar-refractivity contribution in [3.8, 4) is 6.07 Å². The van der Waals surface area contributed by atoms with Crippen LogP contribution in [-0.4, -0.2) is 30.2 Å². The lowest BCUT2D eigenvalue weighted by Crippen LogP contribution is -2.41. The van der Waals surface area contributed by atoms with E-state index in [1.165, 1.54) is 6.07 Å². The minimum atomic E-state index is -4.42. The zero-order valence-electron chi connectivity index (χ0n) is 10.7. The SMILES string of the molecule is CCCCN(CC(C#N)C(F)(F)F)C(C)CC. The first-order chi connectivity index (χ1) is 7.86. The van der Waals surface area contributed by atoms with Crippen LogP contribution in [0, 0.1) is 17.2 Å². The Kier molecular flexibility index (Phi) is 7.21. The molecule has 2 unspecified atom stereocenters. The molecule has 2 nitrogen and oxygen atoms in total. The van der Waals surface area contributed by atoms with Crippen molar-refractivity contribution in [3.63, 3.8) is 0 Å². The Morgan fingerprint density at radius 1 is 1.29 bits per heavy atom. The number of rotatable bonds is 7. The molecule has 0 radical (unpaired) electrons. The average Bonchev–Trinajstić information content (AvgIpc) is 2.26. The van der Waals surface area contributed by atoms with Crippen LogP contribution in [0.5, 0.6) is 0 Å². The molecule has 0 heterocycles. The van der Waals surface area contributed by atoms with Crippen molar-refractivity contribution >= 4 is 0 Å². The van der Waals surface area contributed by atoms with Gasteiger partial charge in [0.1, 0.15) is 0 Å². The van der Waals surface area contributed by atoms with Crippen LogP contribution in [0.4, 0.5) is 13.2 Å². The van der Waals surface area contributed by atoms with Gasteiger partial charge in [0.25, 0.3) is 0 Å². The second-order valence-electron chi connectivity index (χ2n) is 4.33. The first-order valence-electron chi connectivity index (χ1n) is 6.07. The lowest BCUT2D eigenvalue weighted by Gasteiger charge is -2.30. The zero-order chi connectivity index (χ0) is 13.5. The largest absolute Gasteiger partial charge is 0.405 e. The molecule has 0 aromatic rings. The van der Waals surface area contributed by atoms with E-state index in [1.807, 2.05) is 20.8 Å². The van der Waals surface area contributed by atoms with E-state index in [0.717, 1.165) is 19.3 Å². The second-order valence-corrected chi connectivity index (χ2v) is 4.33. The number of hydrogen-bond donors (Lipinski definition) is 0. The van der Waals surface area contributed by atoms with Crippen LogP contribution in [0.25, 0.3) is 0 Å². The lowest BCUT2D eigenvalue weighted by molar-refractivity contribution is -0.164. The summed E-state index contributed by atoms with van der Waals surface area (Å²) in [5.41, 5.74) is 0. The third-order valence-corrected chi connectivity index (χ3v) is 2.98. The number of nitriles is 1. The maximum absolute atomic E-state index is 12.5. The van der Waals surface area contributed by atoms with Gasteiger partial charge in [0.05, 0.1) is 6.07 Å². The summed E-state index contributed by atoms with van der Waals surface area (Å²) in [6, 6.07) is 1.44. The molecule has 0 N–H and O–H groups in total. The molecule has 0 spiro atoms. The Morgan fingerprint density at radius 3 is 2.24 bits per heavy atom. The minimum Gasteiger partial charge on any atom is -0.299 e. The fraction of sp³-hybridized carbons (Fsp3) is 0.917. The Hall–Kier alpha value is -0.760. The molecule has 5 heteroatoms. The third kappa shape index (κ3) is 5.92. The maximum Gasteiger partial charge on any atom is 0.405 e. The van der Waals surface area contributed by atoms with Crippen LogP contribution in [0.15, 0.2) is 0 Å². The van der Waals surface area contributed by atoms with E-state index in [2.05, 4.69) is 0 Å². The van der Waals surface area contributed by atoms with Gasteiger partial charge in [-0.15, -0.1) is 0 Å². The van der Waals surface area contributed by atoms with Crippen molar-refractivity contribution in [1.82, 2.24) is 4.90 Å². The number of nitrogens with zero attached hydrogens (tertiary/aromatic N) is 2. The van der Waals surface area contributed by atoms with E-state index in [-0.39, 0.29) is 12.6 Å². The fourth-order valence-electron chi connectivity index (χ4n) is 1.56. The molecular weight excluding hydrogens is 229 g/mol. The first kappa shape index (κ1) is 16.2. The van der Waals surface area contributed by atoms with E-state index in [0.29, 0.717) is 6.54 Å². The molecule has 0 aromatic heterocycles. The topological polar surface area (TPSA) is 27.0 Å². The van der Waals surface area contributed by atoms with Crippen LogP contribution >= 0.6 is 0 Å². The van der Waals surface area contributed by atoms with Crippen LogP contribution in [0.2, 0.25) is 0 Å². The first-order valence-corrected chi connectivity index (χ1v) is 6.07. The molecule has 2 atom stereocenters. The molecule has 0 aromatic carbocycles. The van der Waals surface area contributed by atoms with Crippen LogP contribution in [0.3, 0.4) is 0 Å². The highest BCUT2D eigenvalue weighted by Crippen LogP contribution is 2.27. The van der Waals surface area contributed by atoms with E-state index < -0.39 is 12.1 Å². The van der Waals surface area contributed by atoms with Crippen molar-refractivity contribution in [2.24, 2.45) is 5.92 Å². The smallest absolute Gasteiger partial charge is 0.299 e. The van der Waals surface area contributed by atoms with Crippen LogP contribution in [0.1, 0.15) is 40.0 Å². The molecule has 0 aliphatic heterocycles. The Labute approximate surface area is 101 Å². The Balaban J connectivity index is 4.55. The summed E-state index contributed by atoms with van der Waals surface area (Å²) in [6.07, 6.45) is -1.83. The number of halogens is 3. The Bertz CT molecular complexity index is 245. The van der Waals surface area contributed by atoms with E-state index in [1.54, 1.807) is 4.90 Å². The quantitative estimate of drug-likeness (QED) is 0.690. The molecular formula is C12H21F3N2. The van der Waals surface area contributed by atoms with Gasteiger partial charge >= 0.3 is 6.18 Å². The van der Waals surface area contributed by atoms with Crippen molar-refractivity contribution in [3.05, 3.63) is 0 Å². The summed E-state index contributed by atoms with van der Waals surface area (Å²) in [5, 5.41) is 8.59. The Morgan fingerprint density at radius 2 is 1.88 bits per heavy atom. The monoisotopic (exact) mass is 250 g/mol. The molecule has 0 aliphatic carbocycles. The summed E-state index contributed by atoms with van der Waals surface area (Å²) in [5.74, 6) is -1.88. The summed E-state index contributed by atoms with van der Waals surface area (Å²) < 4.78 is 37.6. The third-order valence-electron chi connectivity index (χ3n) is 2.98. The normalized spacial score (nSPS) is 15.6. The highest BCUT2D eigenvalue weighted by Gasteiger charge is 2.41. The zero-order valence-corrected chi connectivity index (χ0v) is 10.7. The molecule has 0 saturated heterocycles. The average molecular weight is 250 g/mol. The number of alkyl halides is 3. The predicted octanol–water partition coefficient (Wildman–Crippen LogP) is 3.59. The van der Waals surface area contributed by atoms with Gasteiger partial charge in [-0.05, 0) is 26.3 Å². The molecule has 0 rings (SSSR count). The molecule has 17 heavy (non-hydrogen) atoms.